The van der Waals surface area contributed by atoms with Crippen molar-refractivity contribution in [3.63, 3.8) is 0 Å². The average molecular weight is 487 g/mol. The van der Waals surface area contributed by atoms with Crippen molar-refractivity contribution in [2.75, 3.05) is 23.3 Å². The van der Waals surface area contributed by atoms with E-state index in [1.807, 2.05) is 99.6 Å². The number of aliphatic hydroxyl groups excluding tert-OH is 1. The average Bonchev–Trinajstić information content (AvgIpc) is 2.93. The topological polar surface area (TPSA) is 72.8 Å². The number of amides is 1. The van der Waals surface area contributed by atoms with Crippen LogP contribution in [0.25, 0.3) is 0 Å². The van der Waals surface area contributed by atoms with E-state index in [2.05, 4.69) is 10.2 Å². The van der Waals surface area contributed by atoms with E-state index in [9.17, 15) is 15.0 Å². The summed E-state index contributed by atoms with van der Waals surface area (Å²) in [5.74, 6) is 0.0366. The van der Waals surface area contributed by atoms with Gasteiger partial charge in [0, 0.05) is 35.4 Å². The largest absolute Gasteiger partial charge is 0.392 e. The molecule has 0 aliphatic carbocycles. The molecule has 0 unspecified atom stereocenters. The lowest BCUT2D eigenvalue weighted by atomic mass is 9.72. The van der Waals surface area contributed by atoms with Gasteiger partial charge in [-0.1, -0.05) is 81.4 Å². The first-order chi connectivity index (χ1) is 17.3. The van der Waals surface area contributed by atoms with Crippen molar-refractivity contribution >= 4 is 17.3 Å². The third kappa shape index (κ3) is 5.18. The molecule has 1 fully saturated rings. The van der Waals surface area contributed by atoms with Gasteiger partial charge in [-0.05, 0) is 54.5 Å². The molecule has 0 aromatic heterocycles. The standard InChI is InChI=1S/C31H38N2O3/c1-4-30(2,3)29(35)32-27-15-16-28(23(21-27)22-34)33-19-17-26(18-20-33)31(36,24-11-7-5-8-12-24)25-13-9-6-10-14-25/h5-16,21,26,34,36H,4,17-20,22H2,1-3H3,(H,32,35). The number of rotatable bonds is 8. The van der Waals surface area contributed by atoms with Crippen LogP contribution in [0, 0.1) is 11.3 Å². The van der Waals surface area contributed by atoms with Gasteiger partial charge in [-0.3, -0.25) is 4.79 Å². The molecule has 3 aromatic carbocycles. The maximum atomic E-state index is 12.6. The molecule has 0 saturated carbocycles. The van der Waals surface area contributed by atoms with Crippen LogP contribution in [-0.2, 0) is 17.0 Å². The maximum Gasteiger partial charge on any atom is 0.230 e. The van der Waals surface area contributed by atoms with Crippen molar-refractivity contribution in [2.45, 2.75) is 52.2 Å². The number of nitrogens with one attached hydrogen (secondary N) is 1. The van der Waals surface area contributed by atoms with Crippen molar-refractivity contribution in [1.82, 2.24) is 0 Å². The van der Waals surface area contributed by atoms with E-state index in [-0.39, 0.29) is 18.4 Å². The van der Waals surface area contributed by atoms with Gasteiger partial charge in [0.05, 0.1) is 6.61 Å². The second-order valence-electron chi connectivity index (χ2n) is 10.5. The monoisotopic (exact) mass is 486 g/mol. The van der Waals surface area contributed by atoms with Gasteiger partial charge in [0.1, 0.15) is 5.60 Å². The Morgan fingerprint density at radius 2 is 1.50 bits per heavy atom. The SMILES string of the molecule is CCC(C)(C)C(=O)Nc1ccc(N2CCC(C(O)(c3ccccc3)c3ccccc3)CC2)c(CO)c1. The molecule has 190 valence electrons. The van der Waals surface area contributed by atoms with Crippen LogP contribution < -0.4 is 10.2 Å². The normalized spacial score (nSPS) is 15.1. The van der Waals surface area contributed by atoms with Gasteiger partial charge in [0.2, 0.25) is 5.91 Å². The molecule has 3 aromatic rings. The molecule has 4 rings (SSSR count). The van der Waals surface area contributed by atoms with Crippen LogP contribution in [-0.4, -0.2) is 29.2 Å². The summed E-state index contributed by atoms with van der Waals surface area (Å²) in [7, 11) is 0. The summed E-state index contributed by atoms with van der Waals surface area (Å²) in [4.78, 5) is 14.9. The first-order valence-electron chi connectivity index (χ1n) is 12.9. The third-order valence-corrected chi connectivity index (χ3v) is 7.86. The van der Waals surface area contributed by atoms with E-state index in [1.165, 1.54) is 0 Å². The molecule has 3 N–H and O–H groups in total. The third-order valence-electron chi connectivity index (χ3n) is 7.86. The molecule has 1 saturated heterocycles. The lowest BCUT2D eigenvalue weighted by Gasteiger charge is -2.43. The zero-order valence-corrected chi connectivity index (χ0v) is 21.6. The Labute approximate surface area is 214 Å². The smallest absolute Gasteiger partial charge is 0.230 e. The number of carbonyl (C=O) groups is 1. The van der Waals surface area contributed by atoms with E-state index < -0.39 is 11.0 Å². The molecule has 1 amide bonds. The number of nitrogens with zero attached hydrogens (tertiary/aromatic N) is 1. The van der Waals surface area contributed by atoms with E-state index in [0.717, 1.165) is 54.7 Å². The fraction of sp³-hybridized carbons (Fsp3) is 0.387. The highest BCUT2D eigenvalue weighted by Gasteiger charge is 2.41. The molecule has 0 radical (unpaired) electrons. The number of anilines is 2. The number of carbonyl (C=O) groups excluding carboxylic acids is 1. The van der Waals surface area contributed by atoms with Crippen LogP contribution in [0.15, 0.2) is 78.9 Å². The molecular weight excluding hydrogens is 448 g/mol. The number of piperidine rings is 1. The van der Waals surface area contributed by atoms with Crippen molar-refractivity contribution in [3.05, 3.63) is 95.6 Å². The van der Waals surface area contributed by atoms with Gasteiger partial charge >= 0.3 is 0 Å². The Bertz CT molecular complexity index is 1110. The maximum absolute atomic E-state index is 12.6. The molecule has 0 bridgehead atoms. The minimum absolute atomic E-state index is 0.0245. The van der Waals surface area contributed by atoms with Crippen LogP contribution in [0.1, 0.15) is 56.7 Å². The lowest BCUT2D eigenvalue weighted by molar-refractivity contribution is -0.124. The predicted octanol–water partition coefficient (Wildman–Crippen LogP) is 5.71. The van der Waals surface area contributed by atoms with Crippen molar-refractivity contribution in [3.8, 4) is 0 Å². The van der Waals surface area contributed by atoms with E-state index >= 15 is 0 Å². The second kappa shape index (κ2) is 10.9. The van der Waals surface area contributed by atoms with Crippen LogP contribution in [0.4, 0.5) is 11.4 Å². The summed E-state index contributed by atoms with van der Waals surface area (Å²) in [5.41, 5.74) is 2.80. The minimum atomic E-state index is -1.06. The summed E-state index contributed by atoms with van der Waals surface area (Å²) in [6.07, 6.45) is 2.37. The fourth-order valence-electron chi connectivity index (χ4n) is 5.12. The highest BCUT2D eigenvalue weighted by Crippen LogP contribution is 2.43. The molecule has 1 aliphatic rings. The van der Waals surface area contributed by atoms with Gasteiger partial charge in [0.15, 0.2) is 0 Å². The number of aliphatic hydroxyl groups is 2. The van der Waals surface area contributed by atoms with Crippen LogP contribution >= 0.6 is 0 Å². The number of benzene rings is 3. The molecule has 5 nitrogen and oxygen atoms in total. The second-order valence-corrected chi connectivity index (χ2v) is 10.5. The fourth-order valence-corrected chi connectivity index (χ4v) is 5.12. The summed E-state index contributed by atoms with van der Waals surface area (Å²) >= 11 is 0. The summed E-state index contributed by atoms with van der Waals surface area (Å²) < 4.78 is 0. The van der Waals surface area contributed by atoms with E-state index in [4.69, 9.17) is 0 Å². The highest BCUT2D eigenvalue weighted by atomic mass is 16.3. The summed E-state index contributed by atoms with van der Waals surface area (Å²) in [5, 5.41) is 25.3. The Kier molecular flexibility index (Phi) is 7.82. The Morgan fingerprint density at radius 1 is 0.944 bits per heavy atom. The first-order valence-corrected chi connectivity index (χ1v) is 12.9. The number of hydrogen-bond donors (Lipinski definition) is 3. The van der Waals surface area contributed by atoms with Crippen LogP contribution in [0.2, 0.25) is 0 Å². The zero-order valence-electron chi connectivity index (χ0n) is 21.6. The van der Waals surface area contributed by atoms with Crippen molar-refractivity contribution in [2.24, 2.45) is 11.3 Å². The van der Waals surface area contributed by atoms with Crippen LogP contribution in [0.3, 0.4) is 0 Å². The Hall–Kier alpha value is -3.15. The van der Waals surface area contributed by atoms with Crippen LogP contribution in [0.5, 0.6) is 0 Å². The predicted molar refractivity (Wildman–Crippen MR) is 146 cm³/mol. The van der Waals surface area contributed by atoms with Gasteiger partial charge in [0.25, 0.3) is 0 Å². The molecule has 1 aliphatic heterocycles. The van der Waals surface area contributed by atoms with Gasteiger partial charge in [-0.15, -0.1) is 0 Å². The zero-order chi connectivity index (χ0) is 25.8. The van der Waals surface area contributed by atoms with Crippen molar-refractivity contribution in [1.29, 1.82) is 0 Å². The number of hydrogen-bond acceptors (Lipinski definition) is 4. The van der Waals surface area contributed by atoms with Gasteiger partial charge in [-0.25, -0.2) is 0 Å². The van der Waals surface area contributed by atoms with Gasteiger partial charge in [-0.2, -0.15) is 0 Å². The van der Waals surface area contributed by atoms with Crippen molar-refractivity contribution < 1.29 is 15.0 Å². The lowest BCUT2D eigenvalue weighted by Crippen LogP contribution is -2.44. The Balaban J connectivity index is 1.53. The van der Waals surface area contributed by atoms with Gasteiger partial charge < -0.3 is 20.4 Å². The van der Waals surface area contributed by atoms with E-state index in [0.29, 0.717) is 5.69 Å². The molecule has 5 heteroatoms. The molecule has 36 heavy (non-hydrogen) atoms. The minimum Gasteiger partial charge on any atom is -0.392 e. The highest BCUT2D eigenvalue weighted by molar-refractivity contribution is 5.95. The molecule has 1 heterocycles. The molecule has 0 atom stereocenters. The molecular formula is C31H38N2O3. The van der Waals surface area contributed by atoms with E-state index in [1.54, 1.807) is 0 Å². The molecule has 0 spiro atoms. The Morgan fingerprint density at radius 3 is 2.00 bits per heavy atom. The summed E-state index contributed by atoms with van der Waals surface area (Å²) in [6, 6.07) is 25.7. The quantitative estimate of drug-likeness (QED) is 0.382. The first kappa shape index (κ1) is 25.9. The summed E-state index contributed by atoms with van der Waals surface area (Å²) in [6.45, 7) is 7.30.